The van der Waals surface area contributed by atoms with E-state index in [-0.39, 0.29) is 5.92 Å². The summed E-state index contributed by atoms with van der Waals surface area (Å²) in [7, 11) is 0. The number of fused-ring (bicyclic) bond motifs is 1. The third-order valence-corrected chi connectivity index (χ3v) is 4.90. The quantitative estimate of drug-likeness (QED) is 0.759. The number of hydrogen-bond acceptors (Lipinski definition) is 5. The highest BCUT2D eigenvalue weighted by molar-refractivity contribution is 7.18. The third kappa shape index (κ3) is 2.72. The number of aliphatic imine (C=N–C) groups is 1. The molecule has 0 spiro atoms. The van der Waals surface area contributed by atoms with Crippen molar-refractivity contribution in [3.8, 4) is 0 Å². The molecule has 0 saturated carbocycles. The van der Waals surface area contributed by atoms with Crippen LogP contribution in [0, 0.1) is 6.92 Å². The van der Waals surface area contributed by atoms with E-state index in [0.717, 1.165) is 20.9 Å². The van der Waals surface area contributed by atoms with Gasteiger partial charge in [0, 0.05) is 0 Å². The van der Waals surface area contributed by atoms with E-state index in [4.69, 9.17) is 10.6 Å². The number of rotatable bonds is 2. The van der Waals surface area contributed by atoms with Crippen LogP contribution in [0.2, 0.25) is 0 Å². The molecule has 0 amide bonds. The van der Waals surface area contributed by atoms with E-state index in [1.807, 2.05) is 49.4 Å². The first-order chi connectivity index (χ1) is 11.2. The lowest BCUT2D eigenvalue weighted by atomic mass is 10.1. The number of hydrogen-bond donors (Lipinski definition) is 2. The number of thiazole rings is 1. The van der Waals surface area contributed by atoms with E-state index in [9.17, 15) is 0 Å². The Balaban J connectivity index is 1.73. The SMILES string of the molecule is Cc1ccc(N=C2NOC(N)C2c2nc3ccccc3s2)cc1. The number of nitrogens with two attached hydrogens (primary N) is 1. The average molecular weight is 324 g/mol. The van der Waals surface area contributed by atoms with Crippen molar-refractivity contribution in [1.82, 2.24) is 10.5 Å². The molecule has 1 fully saturated rings. The first-order valence-corrected chi connectivity index (χ1v) is 8.20. The van der Waals surface area contributed by atoms with Crippen molar-refractivity contribution in [3.05, 3.63) is 59.1 Å². The van der Waals surface area contributed by atoms with Crippen molar-refractivity contribution in [3.63, 3.8) is 0 Å². The number of nitrogens with zero attached hydrogens (tertiary/aromatic N) is 2. The van der Waals surface area contributed by atoms with Gasteiger partial charge in [0.25, 0.3) is 0 Å². The fourth-order valence-corrected chi connectivity index (χ4v) is 3.65. The lowest BCUT2D eigenvalue weighted by molar-refractivity contribution is 0.0434. The molecule has 23 heavy (non-hydrogen) atoms. The van der Waals surface area contributed by atoms with Crippen LogP contribution in [-0.2, 0) is 4.84 Å². The van der Waals surface area contributed by atoms with E-state index in [2.05, 4.69) is 21.5 Å². The molecular weight excluding hydrogens is 308 g/mol. The smallest absolute Gasteiger partial charge is 0.150 e. The lowest BCUT2D eigenvalue weighted by Crippen LogP contribution is -2.27. The van der Waals surface area contributed by atoms with Crippen molar-refractivity contribution in [2.24, 2.45) is 10.7 Å². The first-order valence-electron chi connectivity index (χ1n) is 7.39. The molecule has 1 aliphatic heterocycles. The molecular formula is C17H16N4OS. The van der Waals surface area contributed by atoms with Gasteiger partial charge in [-0.2, -0.15) is 0 Å². The molecule has 6 heteroatoms. The Morgan fingerprint density at radius 1 is 1.17 bits per heavy atom. The minimum atomic E-state index is -0.500. The van der Waals surface area contributed by atoms with Crippen LogP contribution in [0.4, 0.5) is 5.69 Å². The summed E-state index contributed by atoms with van der Waals surface area (Å²) in [6.07, 6.45) is -0.500. The highest BCUT2D eigenvalue weighted by Crippen LogP contribution is 2.32. The van der Waals surface area contributed by atoms with Crippen molar-refractivity contribution < 1.29 is 4.84 Å². The Kier molecular flexibility index (Phi) is 3.57. The molecule has 116 valence electrons. The van der Waals surface area contributed by atoms with Gasteiger partial charge in [0.05, 0.1) is 15.9 Å². The van der Waals surface area contributed by atoms with Crippen molar-refractivity contribution in [2.45, 2.75) is 19.1 Å². The van der Waals surface area contributed by atoms with Crippen LogP contribution in [0.1, 0.15) is 16.5 Å². The zero-order valence-electron chi connectivity index (χ0n) is 12.6. The van der Waals surface area contributed by atoms with Crippen LogP contribution in [0.5, 0.6) is 0 Å². The lowest BCUT2D eigenvalue weighted by Gasteiger charge is -2.08. The Hall–Kier alpha value is -2.28. The summed E-state index contributed by atoms with van der Waals surface area (Å²) in [6, 6.07) is 16.1. The maximum Gasteiger partial charge on any atom is 0.150 e. The summed E-state index contributed by atoms with van der Waals surface area (Å²) in [5.41, 5.74) is 12.0. The van der Waals surface area contributed by atoms with Gasteiger partial charge in [-0.1, -0.05) is 29.8 Å². The van der Waals surface area contributed by atoms with Gasteiger partial charge in [-0.3, -0.25) is 10.3 Å². The highest BCUT2D eigenvalue weighted by atomic mass is 32.1. The Labute approximate surface area is 137 Å². The molecule has 4 rings (SSSR count). The van der Waals surface area contributed by atoms with Crippen molar-refractivity contribution in [2.75, 3.05) is 0 Å². The Morgan fingerprint density at radius 2 is 1.96 bits per heavy atom. The number of aromatic nitrogens is 1. The van der Waals surface area contributed by atoms with Crippen LogP contribution in [0.15, 0.2) is 53.5 Å². The normalized spacial score (nSPS) is 22.6. The molecule has 1 saturated heterocycles. The molecule has 5 nitrogen and oxygen atoms in total. The molecule has 3 aromatic rings. The number of nitrogens with one attached hydrogen (secondary N) is 1. The topological polar surface area (TPSA) is 72.5 Å². The summed E-state index contributed by atoms with van der Waals surface area (Å²) >= 11 is 1.62. The Bertz CT molecular complexity index is 839. The second kappa shape index (κ2) is 5.73. The molecule has 2 atom stereocenters. The van der Waals surface area contributed by atoms with E-state index in [1.165, 1.54) is 5.56 Å². The molecule has 0 aliphatic carbocycles. The van der Waals surface area contributed by atoms with E-state index in [1.54, 1.807) is 11.3 Å². The van der Waals surface area contributed by atoms with Gasteiger partial charge in [0.2, 0.25) is 0 Å². The standard InChI is InChI=1S/C17H16N4OS/c1-10-6-8-11(9-7-10)19-16-14(15(18)22-21-16)17-20-12-4-2-3-5-13(12)23-17/h2-9,14-15H,18H2,1H3,(H,19,21). The van der Waals surface area contributed by atoms with Gasteiger partial charge in [-0.25, -0.2) is 9.98 Å². The van der Waals surface area contributed by atoms with Gasteiger partial charge in [-0.15, -0.1) is 11.3 Å². The van der Waals surface area contributed by atoms with Crippen molar-refractivity contribution in [1.29, 1.82) is 0 Å². The third-order valence-electron chi connectivity index (χ3n) is 3.78. The summed E-state index contributed by atoms with van der Waals surface area (Å²) < 4.78 is 1.14. The van der Waals surface area contributed by atoms with E-state index in [0.29, 0.717) is 5.84 Å². The molecule has 1 aliphatic rings. The minimum Gasteiger partial charge on any atom is -0.303 e. The predicted molar refractivity (Wildman–Crippen MR) is 92.8 cm³/mol. The zero-order valence-corrected chi connectivity index (χ0v) is 13.4. The minimum absolute atomic E-state index is 0.186. The van der Waals surface area contributed by atoms with Crippen molar-refractivity contribution >= 4 is 33.1 Å². The van der Waals surface area contributed by atoms with Gasteiger partial charge in [-0.05, 0) is 31.2 Å². The van der Waals surface area contributed by atoms with Gasteiger partial charge in [0.1, 0.15) is 23.0 Å². The number of para-hydroxylation sites is 1. The van der Waals surface area contributed by atoms with Gasteiger partial charge < -0.3 is 5.73 Å². The molecule has 1 aromatic heterocycles. The Morgan fingerprint density at radius 3 is 2.74 bits per heavy atom. The van der Waals surface area contributed by atoms with Crippen LogP contribution >= 0.6 is 11.3 Å². The maximum absolute atomic E-state index is 6.10. The van der Waals surface area contributed by atoms with Gasteiger partial charge in [0.15, 0.2) is 0 Å². The average Bonchev–Trinajstić information content (AvgIpc) is 3.12. The fraction of sp³-hybridized carbons (Fsp3) is 0.176. The number of benzene rings is 2. The number of hydroxylamine groups is 1. The van der Waals surface area contributed by atoms with Crippen LogP contribution in [0.3, 0.4) is 0 Å². The summed E-state index contributed by atoms with van der Waals surface area (Å²) in [6.45, 7) is 2.05. The number of amidine groups is 1. The molecule has 2 unspecified atom stereocenters. The molecule has 0 radical (unpaired) electrons. The van der Waals surface area contributed by atoms with E-state index < -0.39 is 6.23 Å². The largest absolute Gasteiger partial charge is 0.303 e. The zero-order chi connectivity index (χ0) is 15.8. The maximum atomic E-state index is 6.10. The van der Waals surface area contributed by atoms with Crippen LogP contribution < -0.4 is 11.2 Å². The predicted octanol–water partition coefficient (Wildman–Crippen LogP) is 3.24. The van der Waals surface area contributed by atoms with Gasteiger partial charge >= 0.3 is 0 Å². The summed E-state index contributed by atoms with van der Waals surface area (Å²) in [5, 5.41) is 0.912. The number of aryl methyl sites for hydroxylation is 1. The van der Waals surface area contributed by atoms with E-state index >= 15 is 0 Å². The fourth-order valence-electron chi connectivity index (χ4n) is 2.55. The summed E-state index contributed by atoms with van der Waals surface area (Å²) in [4.78, 5) is 14.7. The molecule has 0 bridgehead atoms. The summed E-state index contributed by atoms with van der Waals surface area (Å²) in [5.74, 6) is 0.508. The van der Waals surface area contributed by atoms with Crippen LogP contribution in [0.25, 0.3) is 10.2 Å². The molecule has 2 aromatic carbocycles. The second-order valence-electron chi connectivity index (χ2n) is 5.51. The monoisotopic (exact) mass is 324 g/mol. The second-order valence-corrected chi connectivity index (χ2v) is 6.58. The highest BCUT2D eigenvalue weighted by Gasteiger charge is 2.36. The molecule has 3 N–H and O–H groups in total. The van der Waals surface area contributed by atoms with Crippen LogP contribution in [-0.4, -0.2) is 17.0 Å². The molecule has 2 heterocycles. The first kappa shape index (κ1) is 14.3.